The Morgan fingerprint density at radius 2 is 1.76 bits per heavy atom. The summed E-state index contributed by atoms with van der Waals surface area (Å²) in [6.07, 6.45) is 2.69. The standard InChI is InChI=1S/C25H34BrN3O5/c1-24(2,3)33-22(31)27-13-12-16-15-29(18-10-7-9-17(26)20(16)18)21(30)19-11-8-14-28(19)23(32)34-25(4,5)6/h7,9-10,15,19H,8,11-14H2,1-6H3,(H,27,31)/t19-/m0/s1. The van der Waals surface area contributed by atoms with Gasteiger partial charge in [-0.2, -0.15) is 0 Å². The van der Waals surface area contributed by atoms with Crippen LogP contribution in [0.3, 0.4) is 0 Å². The Labute approximate surface area is 209 Å². The molecular formula is C25H34BrN3O5. The van der Waals surface area contributed by atoms with E-state index in [0.29, 0.717) is 25.9 Å². The first-order valence-corrected chi connectivity index (χ1v) is 12.4. The van der Waals surface area contributed by atoms with E-state index in [1.165, 1.54) is 4.90 Å². The lowest BCUT2D eigenvalue weighted by atomic mass is 10.1. The van der Waals surface area contributed by atoms with Gasteiger partial charge in [0.25, 0.3) is 5.91 Å². The molecule has 0 aliphatic carbocycles. The normalized spacial score (nSPS) is 16.6. The minimum Gasteiger partial charge on any atom is -0.444 e. The molecule has 9 heteroatoms. The number of hydrogen-bond donors (Lipinski definition) is 1. The molecule has 0 radical (unpaired) electrons. The number of aromatic nitrogens is 1. The first-order chi connectivity index (χ1) is 15.8. The number of alkyl carbamates (subject to hydrolysis) is 1. The smallest absolute Gasteiger partial charge is 0.410 e. The predicted molar refractivity (Wildman–Crippen MR) is 134 cm³/mol. The molecule has 2 amide bonds. The number of ether oxygens (including phenoxy) is 2. The van der Waals surface area contributed by atoms with Crippen molar-refractivity contribution in [1.82, 2.24) is 14.8 Å². The van der Waals surface area contributed by atoms with Crippen LogP contribution in [0, 0.1) is 0 Å². The van der Waals surface area contributed by atoms with Crippen LogP contribution in [0.25, 0.3) is 10.9 Å². The molecule has 0 bridgehead atoms. The summed E-state index contributed by atoms with van der Waals surface area (Å²) in [6.45, 7) is 11.7. The maximum atomic E-state index is 13.6. The highest BCUT2D eigenvalue weighted by Gasteiger charge is 2.37. The fourth-order valence-electron chi connectivity index (χ4n) is 4.03. The van der Waals surface area contributed by atoms with Crippen molar-refractivity contribution in [3.63, 3.8) is 0 Å². The third kappa shape index (κ3) is 6.31. The summed E-state index contributed by atoms with van der Waals surface area (Å²) in [4.78, 5) is 39.9. The lowest BCUT2D eigenvalue weighted by molar-refractivity contribution is 0.0211. The highest BCUT2D eigenvalue weighted by molar-refractivity contribution is 9.10. The first-order valence-electron chi connectivity index (χ1n) is 11.6. The molecule has 1 aliphatic rings. The topological polar surface area (TPSA) is 89.9 Å². The van der Waals surface area contributed by atoms with Gasteiger partial charge in [-0.3, -0.25) is 14.3 Å². The summed E-state index contributed by atoms with van der Waals surface area (Å²) in [5.41, 5.74) is 0.458. The van der Waals surface area contributed by atoms with Crippen LogP contribution in [0.1, 0.15) is 64.7 Å². The van der Waals surface area contributed by atoms with Crippen molar-refractivity contribution in [2.45, 2.75) is 78.0 Å². The highest BCUT2D eigenvalue weighted by atomic mass is 79.9. The van der Waals surface area contributed by atoms with E-state index in [0.717, 1.165) is 27.4 Å². The van der Waals surface area contributed by atoms with Gasteiger partial charge in [0.05, 0.1) is 5.52 Å². The molecule has 34 heavy (non-hydrogen) atoms. The lowest BCUT2D eigenvalue weighted by Crippen LogP contribution is -2.44. The van der Waals surface area contributed by atoms with Crippen LogP contribution in [0.2, 0.25) is 0 Å². The maximum Gasteiger partial charge on any atom is 0.410 e. The van der Waals surface area contributed by atoms with Gasteiger partial charge in [-0.15, -0.1) is 0 Å². The Morgan fingerprint density at radius 3 is 2.41 bits per heavy atom. The zero-order chi connectivity index (χ0) is 25.3. The van der Waals surface area contributed by atoms with Crippen LogP contribution in [-0.4, -0.2) is 57.9 Å². The molecule has 1 aliphatic heterocycles. The van der Waals surface area contributed by atoms with Gasteiger partial charge in [0.2, 0.25) is 0 Å². The number of nitrogens with one attached hydrogen (secondary N) is 1. The van der Waals surface area contributed by atoms with Gasteiger partial charge in [-0.05, 0) is 78.5 Å². The molecule has 8 nitrogen and oxygen atoms in total. The van der Waals surface area contributed by atoms with Crippen LogP contribution < -0.4 is 5.32 Å². The number of halogens is 1. The number of carbonyl (C=O) groups excluding carboxylic acids is 3. The van der Waals surface area contributed by atoms with Gasteiger partial charge in [-0.1, -0.05) is 22.0 Å². The zero-order valence-electron chi connectivity index (χ0n) is 20.7. The minimum atomic E-state index is -0.632. The van der Waals surface area contributed by atoms with Crippen molar-refractivity contribution in [1.29, 1.82) is 0 Å². The largest absolute Gasteiger partial charge is 0.444 e. The van der Waals surface area contributed by atoms with Crippen molar-refractivity contribution in [2.75, 3.05) is 13.1 Å². The van der Waals surface area contributed by atoms with Gasteiger partial charge >= 0.3 is 12.2 Å². The number of fused-ring (bicyclic) bond motifs is 1. The van der Waals surface area contributed by atoms with Crippen molar-refractivity contribution in [2.24, 2.45) is 0 Å². The number of likely N-dealkylation sites (tertiary alicyclic amines) is 1. The fourth-order valence-corrected chi connectivity index (χ4v) is 4.64. The van der Waals surface area contributed by atoms with Gasteiger partial charge in [0, 0.05) is 29.1 Å². The molecule has 2 aromatic rings. The third-order valence-corrected chi connectivity index (χ3v) is 5.98. The second kappa shape index (κ2) is 9.98. The van der Waals surface area contributed by atoms with Crippen LogP contribution in [0.4, 0.5) is 9.59 Å². The monoisotopic (exact) mass is 535 g/mol. The Hall–Kier alpha value is -2.55. The van der Waals surface area contributed by atoms with Crippen molar-refractivity contribution in [3.05, 3.63) is 34.4 Å². The van der Waals surface area contributed by atoms with E-state index in [1.54, 1.807) is 10.8 Å². The second-order valence-electron chi connectivity index (χ2n) is 10.5. The molecule has 3 rings (SSSR count). The van der Waals surface area contributed by atoms with Gasteiger partial charge in [0.15, 0.2) is 0 Å². The van der Waals surface area contributed by atoms with Crippen molar-refractivity contribution >= 4 is 44.9 Å². The number of rotatable bonds is 4. The molecular weight excluding hydrogens is 502 g/mol. The minimum absolute atomic E-state index is 0.169. The summed E-state index contributed by atoms with van der Waals surface area (Å²) in [7, 11) is 0. The predicted octanol–water partition coefficient (Wildman–Crippen LogP) is 5.51. The molecule has 186 valence electrons. The Morgan fingerprint density at radius 1 is 1.09 bits per heavy atom. The molecule has 0 spiro atoms. The molecule has 1 atom stereocenters. The van der Waals surface area contributed by atoms with E-state index in [2.05, 4.69) is 21.2 Å². The van der Waals surface area contributed by atoms with E-state index in [4.69, 9.17) is 9.47 Å². The lowest BCUT2D eigenvalue weighted by Gasteiger charge is -2.28. The Bertz CT molecular complexity index is 1080. The Kier molecular flexibility index (Phi) is 7.65. The van der Waals surface area contributed by atoms with E-state index in [9.17, 15) is 14.4 Å². The summed E-state index contributed by atoms with van der Waals surface area (Å²) in [5, 5.41) is 3.68. The first kappa shape index (κ1) is 26.1. The van der Waals surface area contributed by atoms with Gasteiger partial charge in [-0.25, -0.2) is 9.59 Å². The van der Waals surface area contributed by atoms with Gasteiger partial charge in [0.1, 0.15) is 17.2 Å². The summed E-state index contributed by atoms with van der Waals surface area (Å²) >= 11 is 3.60. The average molecular weight is 536 g/mol. The van der Waals surface area contributed by atoms with Crippen LogP contribution in [0.15, 0.2) is 28.9 Å². The number of hydrogen-bond acceptors (Lipinski definition) is 5. The van der Waals surface area contributed by atoms with Crippen LogP contribution in [0.5, 0.6) is 0 Å². The van der Waals surface area contributed by atoms with Crippen LogP contribution >= 0.6 is 15.9 Å². The van der Waals surface area contributed by atoms with Crippen LogP contribution in [-0.2, 0) is 15.9 Å². The number of nitrogens with zero attached hydrogens (tertiary/aromatic N) is 2. The van der Waals surface area contributed by atoms with E-state index < -0.39 is 29.4 Å². The number of carbonyl (C=O) groups is 3. The molecule has 1 aromatic carbocycles. The molecule has 1 fully saturated rings. The molecule has 0 unspecified atom stereocenters. The maximum absolute atomic E-state index is 13.6. The molecule has 0 saturated carbocycles. The summed E-state index contributed by atoms with van der Waals surface area (Å²) in [6, 6.07) is 5.09. The van der Waals surface area contributed by atoms with E-state index >= 15 is 0 Å². The molecule has 1 N–H and O–H groups in total. The van der Waals surface area contributed by atoms with Crippen molar-refractivity contribution < 1.29 is 23.9 Å². The second-order valence-corrected chi connectivity index (χ2v) is 11.4. The quantitative estimate of drug-likeness (QED) is 0.557. The number of benzene rings is 1. The summed E-state index contributed by atoms with van der Waals surface area (Å²) in [5.74, 6) is -0.169. The molecule has 2 heterocycles. The van der Waals surface area contributed by atoms with E-state index in [-0.39, 0.29) is 5.91 Å². The average Bonchev–Trinajstić information content (AvgIpc) is 3.31. The van der Waals surface area contributed by atoms with Crippen molar-refractivity contribution in [3.8, 4) is 0 Å². The summed E-state index contributed by atoms with van der Waals surface area (Å²) < 4.78 is 13.3. The van der Waals surface area contributed by atoms with Gasteiger partial charge < -0.3 is 14.8 Å². The molecule has 1 aromatic heterocycles. The third-order valence-electron chi connectivity index (χ3n) is 5.32. The fraction of sp³-hybridized carbons (Fsp3) is 0.560. The highest BCUT2D eigenvalue weighted by Crippen LogP contribution is 2.31. The zero-order valence-corrected chi connectivity index (χ0v) is 22.3. The molecule has 1 saturated heterocycles. The number of amides is 2. The Balaban J connectivity index is 1.83. The SMILES string of the molecule is CC(C)(C)OC(=O)NCCc1cn(C(=O)[C@@H]2CCCN2C(=O)OC(C)(C)C)c2cccc(Br)c12. The van der Waals surface area contributed by atoms with E-state index in [1.807, 2.05) is 59.7 Å².